The van der Waals surface area contributed by atoms with Gasteiger partial charge in [-0.1, -0.05) is 17.7 Å². The number of nitrogens with two attached hydrogens (primary N) is 1. The lowest BCUT2D eigenvalue weighted by Gasteiger charge is -2.19. The molecule has 0 spiro atoms. The van der Waals surface area contributed by atoms with Gasteiger partial charge in [-0.2, -0.15) is 0 Å². The number of carbonyl (C=O) groups is 1. The smallest absolute Gasteiger partial charge is 0.243 e. The van der Waals surface area contributed by atoms with E-state index in [1.54, 1.807) is 0 Å². The maximum absolute atomic E-state index is 12.9. The summed E-state index contributed by atoms with van der Waals surface area (Å²) in [6.45, 7) is 2.19. The number of nitrogens with zero attached hydrogens (tertiary/aromatic N) is 1. The van der Waals surface area contributed by atoms with E-state index in [0.29, 0.717) is 5.69 Å². The number of benzene rings is 2. The third kappa shape index (κ3) is 3.95. The van der Waals surface area contributed by atoms with E-state index in [2.05, 4.69) is 5.32 Å². The zero-order chi connectivity index (χ0) is 15.4. The normalized spacial score (nSPS) is 10.2. The van der Waals surface area contributed by atoms with Crippen molar-refractivity contribution in [3.63, 3.8) is 0 Å². The Morgan fingerprint density at radius 3 is 2.52 bits per heavy atom. The summed E-state index contributed by atoms with van der Waals surface area (Å²) in [5.41, 5.74) is 8.39. The van der Waals surface area contributed by atoms with Crippen LogP contribution >= 0.6 is 0 Å². The Morgan fingerprint density at radius 1 is 1.24 bits per heavy atom. The number of rotatable bonds is 4. The van der Waals surface area contributed by atoms with Gasteiger partial charge in [-0.05, 0) is 37.3 Å². The van der Waals surface area contributed by atoms with Crippen LogP contribution in [0.15, 0.2) is 42.5 Å². The number of halogens is 1. The molecule has 2 rings (SSSR count). The molecule has 0 saturated heterocycles. The number of carbonyl (C=O) groups excluding carboxylic acids is 1. The van der Waals surface area contributed by atoms with Crippen molar-refractivity contribution in [3.05, 3.63) is 53.8 Å². The van der Waals surface area contributed by atoms with Gasteiger partial charge in [0, 0.05) is 12.7 Å². The number of aryl methyl sites for hydroxylation is 1. The fourth-order valence-corrected chi connectivity index (χ4v) is 1.94. The first-order valence-corrected chi connectivity index (χ1v) is 6.58. The Labute approximate surface area is 123 Å². The molecule has 0 aliphatic heterocycles. The summed E-state index contributed by atoms with van der Waals surface area (Å²) in [4.78, 5) is 13.8. The average Bonchev–Trinajstić information content (AvgIpc) is 2.42. The van der Waals surface area contributed by atoms with Crippen molar-refractivity contribution in [2.45, 2.75) is 6.92 Å². The highest BCUT2D eigenvalue weighted by Gasteiger charge is 2.09. The largest absolute Gasteiger partial charge is 0.397 e. The van der Waals surface area contributed by atoms with Crippen LogP contribution in [0.3, 0.4) is 0 Å². The van der Waals surface area contributed by atoms with Crippen molar-refractivity contribution >= 4 is 23.0 Å². The standard InChI is InChI=1S/C16H18FN3O/c1-11-3-6-13(7-4-11)20(2)10-16(21)19-15-8-5-12(17)9-14(15)18/h3-9H,10,18H2,1-2H3,(H,19,21). The molecule has 1 amide bonds. The van der Waals surface area contributed by atoms with Gasteiger partial charge in [-0.25, -0.2) is 4.39 Å². The highest BCUT2D eigenvalue weighted by molar-refractivity contribution is 5.96. The molecule has 21 heavy (non-hydrogen) atoms. The summed E-state index contributed by atoms with van der Waals surface area (Å²) in [7, 11) is 1.83. The molecule has 0 heterocycles. The third-order valence-electron chi connectivity index (χ3n) is 3.14. The lowest BCUT2D eigenvalue weighted by molar-refractivity contribution is -0.114. The third-order valence-corrected chi connectivity index (χ3v) is 3.14. The molecule has 0 aliphatic rings. The van der Waals surface area contributed by atoms with Gasteiger partial charge in [-0.15, -0.1) is 0 Å². The first-order valence-electron chi connectivity index (χ1n) is 6.58. The fraction of sp³-hybridized carbons (Fsp3) is 0.188. The highest BCUT2D eigenvalue weighted by Crippen LogP contribution is 2.19. The van der Waals surface area contributed by atoms with Crippen molar-refractivity contribution in [2.24, 2.45) is 0 Å². The van der Waals surface area contributed by atoms with Crippen LogP contribution in [-0.2, 0) is 4.79 Å². The van der Waals surface area contributed by atoms with E-state index in [9.17, 15) is 9.18 Å². The van der Waals surface area contributed by atoms with E-state index in [0.717, 1.165) is 11.3 Å². The number of hydrogen-bond donors (Lipinski definition) is 2. The van der Waals surface area contributed by atoms with E-state index < -0.39 is 5.82 Å². The second-order valence-electron chi connectivity index (χ2n) is 4.97. The molecule has 2 aromatic rings. The molecule has 0 fully saturated rings. The van der Waals surface area contributed by atoms with Crippen LogP contribution in [0.1, 0.15) is 5.56 Å². The number of likely N-dealkylation sites (N-methyl/N-ethyl adjacent to an activating group) is 1. The SMILES string of the molecule is Cc1ccc(N(C)CC(=O)Nc2ccc(F)cc2N)cc1. The van der Waals surface area contributed by atoms with Gasteiger partial charge in [0.1, 0.15) is 5.82 Å². The van der Waals surface area contributed by atoms with Crippen LogP contribution in [0.25, 0.3) is 0 Å². The van der Waals surface area contributed by atoms with Gasteiger partial charge >= 0.3 is 0 Å². The van der Waals surface area contributed by atoms with Gasteiger partial charge in [0.25, 0.3) is 0 Å². The summed E-state index contributed by atoms with van der Waals surface area (Å²) >= 11 is 0. The molecule has 0 atom stereocenters. The van der Waals surface area contributed by atoms with Crippen molar-refractivity contribution in [3.8, 4) is 0 Å². The Kier molecular flexibility index (Phi) is 4.42. The van der Waals surface area contributed by atoms with Crippen molar-refractivity contribution in [2.75, 3.05) is 29.5 Å². The lowest BCUT2D eigenvalue weighted by Crippen LogP contribution is -2.30. The fourth-order valence-electron chi connectivity index (χ4n) is 1.94. The van der Waals surface area contributed by atoms with Gasteiger partial charge in [0.2, 0.25) is 5.91 Å². The summed E-state index contributed by atoms with van der Waals surface area (Å²) in [6, 6.07) is 11.8. The predicted octanol–water partition coefficient (Wildman–Crippen LogP) is 2.79. The van der Waals surface area contributed by atoms with Crippen LogP contribution in [0.4, 0.5) is 21.5 Å². The van der Waals surface area contributed by atoms with Crippen LogP contribution in [0, 0.1) is 12.7 Å². The van der Waals surface area contributed by atoms with Crippen molar-refractivity contribution < 1.29 is 9.18 Å². The Bertz CT molecular complexity index is 640. The first-order chi connectivity index (χ1) is 9.95. The number of anilines is 3. The lowest BCUT2D eigenvalue weighted by atomic mass is 10.2. The minimum atomic E-state index is -0.428. The van der Waals surface area contributed by atoms with Gasteiger partial charge in [-0.3, -0.25) is 4.79 Å². The first kappa shape index (κ1) is 14.8. The van der Waals surface area contributed by atoms with E-state index >= 15 is 0 Å². The molecule has 0 unspecified atom stereocenters. The number of nitrogens with one attached hydrogen (secondary N) is 1. The molecule has 0 saturated carbocycles. The number of hydrogen-bond acceptors (Lipinski definition) is 3. The summed E-state index contributed by atoms with van der Waals surface area (Å²) in [5, 5.41) is 2.68. The molecular formula is C16H18FN3O. The van der Waals surface area contributed by atoms with Gasteiger partial charge in [0.15, 0.2) is 0 Å². The molecule has 0 bridgehead atoms. The van der Waals surface area contributed by atoms with Gasteiger partial charge < -0.3 is 16.0 Å². The Hall–Kier alpha value is -2.56. The quantitative estimate of drug-likeness (QED) is 0.850. The zero-order valence-corrected chi connectivity index (χ0v) is 12.1. The van der Waals surface area contributed by atoms with Crippen LogP contribution in [-0.4, -0.2) is 19.5 Å². The molecule has 5 heteroatoms. The monoisotopic (exact) mass is 287 g/mol. The van der Waals surface area contributed by atoms with E-state index in [-0.39, 0.29) is 18.1 Å². The van der Waals surface area contributed by atoms with Crippen molar-refractivity contribution in [1.82, 2.24) is 0 Å². The van der Waals surface area contributed by atoms with E-state index in [4.69, 9.17) is 5.73 Å². The molecule has 0 radical (unpaired) electrons. The molecule has 3 N–H and O–H groups in total. The number of nitrogen functional groups attached to an aromatic ring is 1. The van der Waals surface area contributed by atoms with Crippen LogP contribution < -0.4 is 16.0 Å². The van der Waals surface area contributed by atoms with Crippen LogP contribution in [0.5, 0.6) is 0 Å². The highest BCUT2D eigenvalue weighted by atomic mass is 19.1. The summed E-state index contributed by atoms with van der Waals surface area (Å²) < 4.78 is 12.9. The average molecular weight is 287 g/mol. The second kappa shape index (κ2) is 6.26. The molecule has 4 nitrogen and oxygen atoms in total. The molecule has 0 aliphatic carbocycles. The Morgan fingerprint density at radius 2 is 1.90 bits per heavy atom. The van der Waals surface area contributed by atoms with E-state index in [1.165, 1.54) is 18.2 Å². The van der Waals surface area contributed by atoms with Crippen LogP contribution in [0.2, 0.25) is 0 Å². The van der Waals surface area contributed by atoms with Crippen molar-refractivity contribution in [1.29, 1.82) is 0 Å². The molecule has 110 valence electrons. The predicted molar refractivity (Wildman–Crippen MR) is 83.9 cm³/mol. The molecule has 0 aromatic heterocycles. The topological polar surface area (TPSA) is 58.4 Å². The zero-order valence-electron chi connectivity index (χ0n) is 12.1. The van der Waals surface area contributed by atoms with E-state index in [1.807, 2.05) is 43.1 Å². The number of amides is 1. The second-order valence-corrected chi connectivity index (χ2v) is 4.97. The molecular weight excluding hydrogens is 269 g/mol. The summed E-state index contributed by atoms with van der Waals surface area (Å²) in [6.07, 6.45) is 0. The Balaban J connectivity index is 1.99. The summed E-state index contributed by atoms with van der Waals surface area (Å²) in [5.74, 6) is -0.640. The minimum absolute atomic E-state index is 0.180. The van der Waals surface area contributed by atoms with Gasteiger partial charge in [0.05, 0.1) is 17.9 Å². The molecule has 2 aromatic carbocycles. The maximum atomic E-state index is 12.9. The minimum Gasteiger partial charge on any atom is -0.397 e. The maximum Gasteiger partial charge on any atom is 0.243 e.